The first kappa shape index (κ1) is 15.3. The van der Waals surface area contributed by atoms with Crippen LogP contribution in [0.25, 0.3) is 0 Å². The van der Waals surface area contributed by atoms with E-state index in [0.29, 0.717) is 11.7 Å². The van der Waals surface area contributed by atoms with Gasteiger partial charge >= 0.3 is 0 Å². The van der Waals surface area contributed by atoms with E-state index in [0.717, 1.165) is 38.9 Å². The van der Waals surface area contributed by atoms with Gasteiger partial charge in [-0.15, -0.1) is 11.6 Å². The smallest absolute Gasteiger partial charge is 0.150 e. The van der Waals surface area contributed by atoms with Crippen LogP contribution in [0.15, 0.2) is 0 Å². The molecule has 5 heteroatoms. The van der Waals surface area contributed by atoms with Crippen LogP contribution < -0.4 is 0 Å². The lowest BCUT2D eigenvalue weighted by molar-refractivity contribution is 0.184. The fourth-order valence-corrected chi connectivity index (χ4v) is 3.40. The van der Waals surface area contributed by atoms with E-state index in [1.165, 1.54) is 0 Å². The third-order valence-corrected chi connectivity index (χ3v) is 5.80. The fourth-order valence-electron chi connectivity index (χ4n) is 2.29. The molecule has 1 aliphatic heterocycles. The van der Waals surface area contributed by atoms with Crippen LogP contribution in [0.2, 0.25) is 0 Å². The van der Waals surface area contributed by atoms with Gasteiger partial charge in [0.25, 0.3) is 0 Å². The van der Waals surface area contributed by atoms with Crippen molar-refractivity contribution in [3.05, 3.63) is 0 Å². The minimum atomic E-state index is -2.79. The summed E-state index contributed by atoms with van der Waals surface area (Å²) in [5, 5.41) is 0.262. The molecule has 1 rings (SSSR count). The highest BCUT2D eigenvalue weighted by molar-refractivity contribution is 7.91. The zero-order valence-corrected chi connectivity index (χ0v) is 12.4. The first-order valence-electron chi connectivity index (χ1n) is 6.51. The van der Waals surface area contributed by atoms with E-state index in [-0.39, 0.29) is 11.1 Å². The van der Waals surface area contributed by atoms with Crippen LogP contribution in [-0.4, -0.2) is 49.8 Å². The number of piperidine rings is 1. The van der Waals surface area contributed by atoms with Crippen LogP contribution in [0.1, 0.15) is 33.1 Å². The number of likely N-dealkylation sites (tertiary alicyclic amines) is 1. The van der Waals surface area contributed by atoms with Crippen molar-refractivity contribution in [2.45, 2.75) is 38.5 Å². The van der Waals surface area contributed by atoms with Crippen LogP contribution in [0.4, 0.5) is 0 Å². The molecule has 0 spiro atoms. The highest BCUT2D eigenvalue weighted by atomic mass is 35.5. The predicted octanol–water partition coefficient (Wildman–Crippen LogP) is 2.15. The molecular weight excluding hydrogens is 258 g/mol. The molecule has 1 atom stereocenters. The minimum Gasteiger partial charge on any atom is -0.303 e. The zero-order chi connectivity index (χ0) is 12.9. The molecule has 0 saturated carbocycles. The largest absolute Gasteiger partial charge is 0.303 e. The Labute approximate surface area is 110 Å². The molecular formula is C12H24ClNO2S. The zero-order valence-electron chi connectivity index (χ0n) is 10.9. The molecule has 0 amide bonds. The number of hydrogen-bond acceptors (Lipinski definition) is 3. The standard InChI is InChI=1S/C12H24ClNO2S/c1-3-17(15,16)10-4-7-14-8-5-12(6-9-14)11(2)13/h11-12H,3-10H2,1-2H3. The van der Waals surface area contributed by atoms with Gasteiger partial charge in [0.1, 0.15) is 9.84 Å². The van der Waals surface area contributed by atoms with Crippen molar-refractivity contribution >= 4 is 21.4 Å². The van der Waals surface area contributed by atoms with E-state index in [2.05, 4.69) is 11.8 Å². The summed E-state index contributed by atoms with van der Waals surface area (Å²) in [5.74, 6) is 1.22. The topological polar surface area (TPSA) is 37.4 Å². The normalized spacial score (nSPS) is 21.6. The van der Waals surface area contributed by atoms with Gasteiger partial charge in [-0.3, -0.25) is 0 Å². The van der Waals surface area contributed by atoms with Crippen molar-refractivity contribution in [3.63, 3.8) is 0 Å². The van der Waals surface area contributed by atoms with Crippen molar-refractivity contribution in [2.75, 3.05) is 31.1 Å². The second-order valence-electron chi connectivity index (χ2n) is 4.95. The second-order valence-corrected chi connectivity index (χ2v) is 8.11. The van der Waals surface area contributed by atoms with Crippen LogP contribution in [0.3, 0.4) is 0 Å². The fraction of sp³-hybridized carbons (Fsp3) is 1.00. The summed E-state index contributed by atoms with van der Waals surface area (Å²) < 4.78 is 22.7. The van der Waals surface area contributed by atoms with Gasteiger partial charge in [0, 0.05) is 11.1 Å². The Kier molecular flexibility index (Phi) is 6.24. The van der Waals surface area contributed by atoms with E-state index < -0.39 is 9.84 Å². The van der Waals surface area contributed by atoms with E-state index in [4.69, 9.17) is 11.6 Å². The maximum Gasteiger partial charge on any atom is 0.150 e. The van der Waals surface area contributed by atoms with Gasteiger partial charge in [0.15, 0.2) is 0 Å². The molecule has 0 aromatic rings. The van der Waals surface area contributed by atoms with Gasteiger partial charge in [-0.05, 0) is 51.7 Å². The van der Waals surface area contributed by atoms with Crippen LogP contribution >= 0.6 is 11.6 Å². The molecule has 1 saturated heterocycles. The van der Waals surface area contributed by atoms with E-state index in [9.17, 15) is 8.42 Å². The monoisotopic (exact) mass is 281 g/mol. The molecule has 0 aromatic heterocycles. The average molecular weight is 282 g/mol. The van der Waals surface area contributed by atoms with E-state index >= 15 is 0 Å². The highest BCUT2D eigenvalue weighted by Gasteiger charge is 2.22. The van der Waals surface area contributed by atoms with Crippen molar-refractivity contribution in [3.8, 4) is 0 Å². The summed E-state index contributed by atoms with van der Waals surface area (Å²) in [6.45, 7) is 6.81. The van der Waals surface area contributed by atoms with Gasteiger partial charge < -0.3 is 4.90 Å². The van der Waals surface area contributed by atoms with Crippen LogP contribution in [0.5, 0.6) is 0 Å². The number of halogens is 1. The Morgan fingerprint density at radius 3 is 2.41 bits per heavy atom. The molecule has 0 bridgehead atoms. The van der Waals surface area contributed by atoms with Gasteiger partial charge in [-0.1, -0.05) is 6.92 Å². The van der Waals surface area contributed by atoms with Gasteiger partial charge in [0.2, 0.25) is 0 Å². The van der Waals surface area contributed by atoms with Crippen molar-refractivity contribution < 1.29 is 8.42 Å². The molecule has 1 aliphatic rings. The summed E-state index contributed by atoms with van der Waals surface area (Å²) >= 11 is 6.09. The average Bonchev–Trinajstić information content (AvgIpc) is 2.29. The number of sulfone groups is 1. The molecule has 0 aliphatic carbocycles. The van der Waals surface area contributed by atoms with E-state index in [1.807, 2.05) is 0 Å². The van der Waals surface area contributed by atoms with Crippen molar-refractivity contribution in [2.24, 2.45) is 5.92 Å². The molecule has 1 fully saturated rings. The molecule has 0 radical (unpaired) electrons. The Bertz CT molecular complexity index is 308. The predicted molar refractivity (Wildman–Crippen MR) is 73.4 cm³/mol. The summed E-state index contributed by atoms with van der Waals surface area (Å²) in [5.41, 5.74) is 0. The van der Waals surface area contributed by atoms with Crippen LogP contribution in [-0.2, 0) is 9.84 Å². The van der Waals surface area contributed by atoms with Gasteiger partial charge in [-0.25, -0.2) is 8.42 Å². The van der Waals surface area contributed by atoms with E-state index in [1.54, 1.807) is 6.92 Å². The Morgan fingerprint density at radius 1 is 1.35 bits per heavy atom. The summed E-state index contributed by atoms with van der Waals surface area (Å²) in [7, 11) is -2.79. The maximum absolute atomic E-state index is 11.3. The Balaban J connectivity index is 2.19. The lowest BCUT2D eigenvalue weighted by Gasteiger charge is -2.33. The van der Waals surface area contributed by atoms with Crippen molar-refractivity contribution in [1.29, 1.82) is 0 Å². The lowest BCUT2D eigenvalue weighted by atomic mass is 9.94. The van der Waals surface area contributed by atoms with Gasteiger partial charge in [0.05, 0.1) is 5.75 Å². The number of alkyl halides is 1. The quantitative estimate of drug-likeness (QED) is 0.700. The molecule has 102 valence electrons. The molecule has 0 aromatic carbocycles. The Morgan fingerprint density at radius 2 is 1.94 bits per heavy atom. The minimum absolute atomic E-state index is 0.262. The molecule has 3 nitrogen and oxygen atoms in total. The van der Waals surface area contributed by atoms with Crippen LogP contribution in [0, 0.1) is 5.92 Å². The third-order valence-electron chi connectivity index (χ3n) is 3.65. The summed E-state index contributed by atoms with van der Waals surface area (Å²) in [6, 6.07) is 0. The first-order chi connectivity index (χ1) is 7.94. The van der Waals surface area contributed by atoms with Crippen molar-refractivity contribution in [1.82, 2.24) is 4.90 Å². The molecule has 1 unspecified atom stereocenters. The summed E-state index contributed by atoms with van der Waals surface area (Å²) in [4.78, 5) is 2.36. The Hall–Kier alpha value is 0.200. The lowest BCUT2D eigenvalue weighted by Crippen LogP contribution is -2.37. The molecule has 1 heterocycles. The third kappa shape index (κ3) is 5.58. The first-order valence-corrected chi connectivity index (χ1v) is 8.77. The number of rotatable bonds is 6. The SMILES string of the molecule is CCS(=O)(=O)CCCN1CCC(C(C)Cl)CC1. The number of nitrogens with zero attached hydrogens (tertiary/aromatic N) is 1. The number of hydrogen-bond donors (Lipinski definition) is 0. The highest BCUT2D eigenvalue weighted by Crippen LogP contribution is 2.23. The second kappa shape index (κ2) is 6.95. The maximum atomic E-state index is 11.3. The van der Waals surface area contributed by atoms with Gasteiger partial charge in [-0.2, -0.15) is 0 Å². The summed E-state index contributed by atoms with van der Waals surface area (Å²) in [6.07, 6.45) is 3.05. The molecule has 17 heavy (non-hydrogen) atoms. The molecule has 0 N–H and O–H groups in total.